The van der Waals surface area contributed by atoms with E-state index in [4.69, 9.17) is 14.6 Å². The van der Waals surface area contributed by atoms with Crippen molar-refractivity contribution in [3.05, 3.63) is 47.8 Å². The molecule has 1 atom stereocenters. The fourth-order valence-electron chi connectivity index (χ4n) is 3.50. The molecule has 0 amide bonds. The van der Waals surface area contributed by atoms with Gasteiger partial charge in [0.25, 0.3) is 0 Å². The van der Waals surface area contributed by atoms with E-state index < -0.39 is 11.8 Å². The van der Waals surface area contributed by atoms with Gasteiger partial charge < -0.3 is 24.9 Å². The van der Waals surface area contributed by atoms with E-state index in [9.17, 15) is 9.18 Å². The minimum Gasteiger partial charge on any atom is -0.490 e. The third-order valence-corrected chi connectivity index (χ3v) is 5.11. The number of H-pyrrole nitrogens is 1. The number of rotatable bonds is 9. The molecule has 0 bridgehead atoms. The molecule has 0 spiro atoms. The number of nitrogens with one attached hydrogen (secondary N) is 2. The molecule has 1 aromatic carbocycles. The highest BCUT2D eigenvalue weighted by atomic mass is 19.1. The standard InChI is InChI=1S/C22H24FN5O4/c1-12-8-15-16(27-12)4-5-17(20(15)23)32-22-21-14(3)18(9-28(21)26-11-25-22)31-10-13(2)24-7-6-19(29)30/h4-5,8-9,11,13,24,27H,6-7,10H2,1-3H3,(H,29,30)/t13-/m1/s1. The van der Waals surface area contributed by atoms with E-state index in [2.05, 4.69) is 20.4 Å². The number of benzene rings is 1. The Bertz CT molecular complexity index is 1280. The van der Waals surface area contributed by atoms with Gasteiger partial charge in [0.05, 0.1) is 12.6 Å². The van der Waals surface area contributed by atoms with Crippen LogP contribution in [0.25, 0.3) is 16.4 Å². The van der Waals surface area contributed by atoms with Gasteiger partial charge in [-0.3, -0.25) is 4.79 Å². The van der Waals surface area contributed by atoms with Crippen LogP contribution in [0.2, 0.25) is 0 Å². The van der Waals surface area contributed by atoms with Crippen molar-refractivity contribution in [2.45, 2.75) is 33.2 Å². The number of carboxylic acid groups (broad SMARTS) is 1. The number of aromatic amines is 1. The van der Waals surface area contributed by atoms with Crippen LogP contribution in [0.1, 0.15) is 24.6 Å². The summed E-state index contributed by atoms with van der Waals surface area (Å²) in [5, 5.41) is 16.5. The van der Waals surface area contributed by atoms with E-state index in [0.29, 0.717) is 35.3 Å². The number of halogens is 1. The summed E-state index contributed by atoms with van der Waals surface area (Å²) in [4.78, 5) is 17.9. The summed E-state index contributed by atoms with van der Waals surface area (Å²) in [6, 6.07) is 5.00. The Kier molecular flexibility index (Phi) is 5.95. The van der Waals surface area contributed by atoms with Gasteiger partial charge in [0, 0.05) is 34.7 Å². The molecule has 9 nitrogen and oxygen atoms in total. The van der Waals surface area contributed by atoms with E-state index in [1.165, 1.54) is 6.33 Å². The predicted octanol–water partition coefficient (Wildman–Crippen LogP) is 3.59. The molecular weight excluding hydrogens is 417 g/mol. The summed E-state index contributed by atoms with van der Waals surface area (Å²) >= 11 is 0. The SMILES string of the molecule is Cc1cc2c(F)c(Oc3ncnn4cc(OC[C@@H](C)NCCC(=O)O)c(C)c34)ccc2[nH]1. The zero-order valence-corrected chi connectivity index (χ0v) is 18.0. The van der Waals surface area contributed by atoms with Crippen LogP contribution in [0.5, 0.6) is 17.4 Å². The van der Waals surface area contributed by atoms with Crippen molar-refractivity contribution in [2.75, 3.05) is 13.2 Å². The van der Waals surface area contributed by atoms with Gasteiger partial charge in [-0.1, -0.05) is 0 Å². The number of ether oxygens (including phenoxy) is 2. The third-order valence-electron chi connectivity index (χ3n) is 5.11. The average Bonchev–Trinajstić information content (AvgIpc) is 3.28. The lowest BCUT2D eigenvalue weighted by Crippen LogP contribution is -2.33. The second kappa shape index (κ2) is 8.83. The number of aliphatic carboxylic acids is 1. The Hall–Kier alpha value is -3.66. The first-order chi connectivity index (χ1) is 15.3. The van der Waals surface area contributed by atoms with Gasteiger partial charge in [-0.15, -0.1) is 0 Å². The number of carboxylic acids is 1. The topological polar surface area (TPSA) is 114 Å². The smallest absolute Gasteiger partial charge is 0.304 e. The van der Waals surface area contributed by atoms with Crippen LogP contribution in [0, 0.1) is 19.7 Å². The fourth-order valence-corrected chi connectivity index (χ4v) is 3.50. The van der Waals surface area contributed by atoms with Gasteiger partial charge in [-0.25, -0.2) is 8.91 Å². The first-order valence-electron chi connectivity index (χ1n) is 10.2. The van der Waals surface area contributed by atoms with E-state index in [-0.39, 0.29) is 24.1 Å². The van der Waals surface area contributed by atoms with E-state index in [1.807, 2.05) is 20.8 Å². The van der Waals surface area contributed by atoms with Crippen LogP contribution in [0.3, 0.4) is 0 Å². The number of hydrogen-bond acceptors (Lipinski definition) is 6. The minimum absolute atomic E-state index is 0.0421. The van der Waals surface area contributed by atoms with Crippen LogP contribution in [-0.4, -0.2) is 49.9 Å². The Morgan fingerprint density at radius 1 is 1.34 bits per heavy atom. The van der Waals surface area contributed by atoms with Gasteiger partial charge in [0.2, 0.25) is 5.88 Å². The van der Waals surface area contributed by atoms with Crippen LogP contribution < -0.4 is 14.8 Å². The molecule has 168 valence electrons. The lowest BCUT2D eigenvalue weighted by Gasteiger charge is -2.14. The molecule has 0 aliphatic heterocycles. The van der Waals surface area contributed by atoms with Crippen molar-refractivity contribution in [3.63, 3.8) is 0 Å². The van der Waals surface area contributed by atoms with Crippen LogP contribution >= 0.6 is 0 Å². The monoisotopic (exact) mass is 441 g/mol. The Balaban J connectivity index is 1.55. The molecular formula is C22H24FN5O4. The molecule has 4 aromatic rings. The molecule has 0 aliphatic rings. The molecule has 4 rings (SSSR count). The number of fused-ring (bicyclic) bond motifs is 2. The van der Waals surface area contributed by atoms with Crippen LogP contribution in [0.15, 0.2) is 30.7 Å². The molecule has 3 heterocycles. The summed E-state index contributed by atoms with van der Waals surface area (Å²) in [6.45, 7) is 6.30. The normalized spacial score (nSPS) is 12.4. The van der Waals surface area contributed by atoms with Gasteiger partial charge >= 0.3 is 5.97 Å². The molecule has 0 saturated heterocycles. The zero-order valence-electron chi connectivity index (χ0n) is 18.0. The average molecular weight is 441 g/mol. The first-order valence-corrected chi connectivity index (χ1v) is 10.2. The van der Waals surface area contributed by atoms with Gasteiger partial charge in [-0.05, 0) is 39.0 Å². The molecule has 0 aliphatic carbocycles. The molecule has 0 unspecified atom stereocenters. The van der Waals surface area contributed by atoms with Crippen molar-refractivity contribution in [1.29, 1.82) is 0 Å². The number of carbonyl (C=O) groups is 1. The Morgan fingerprint density at radius 3 is 2.94 bits per heavy atom. The van der Waals surface area contributed by atoms with Gasteiger partial charge in [0.1, 0.15) is 24.2 Å². The second-order valence-corrected chi connectivity index (χ2v) is 7.68. The maximum absolute atomic E-state index is 15.0. The molecule has 3 N–H and O–H groups in total. The molecule has 0 saturated carbocycles. The molecule has 32 heavy (non-hydrogen) atoms. The fraction of sp³-hybridized carbons (Fsp3) is 0.318. The van der Waals surface area contributed by atoms with Crippen LogP contribution in [0.4, 0.5) is 4.39 Å². The number of nitrogens with zero attached hydrogens (tertiary/aromatic N) is 3. The summed E-state index contributed by atoms with van der Waals surface area (Å²) in [6.07, 6.45) is 3.08. The Morgan fingerprint density at radius 2 is 2.16 bits per heavy atom. The highest BCUT2D eigenvalue weighted by Gasteiger charge is 2.18. The van der Waals surface area contributed by atoms with E-state index >= 15 is 0 Å². The summed E-state index contributed by atoms with van der Waals surface area (Å²) in [5.41, 5.74) is 2.87. The maximum Gasteiger partial charge on any atom is 0.304 e. The lowest BCUT2D eigenvalue weighted by atomic mass is 10.2. The zero-order chi connectivity index (χ0) is 22.8. The minimum atomic E-state index is -0.853. The van der Waals surface area contributed by atoms with Gasteiger partial charge in [0.15, 0.2) is 11.6 Å². The molecule has 3 aromatic heterocycles. The molecule has 0 radical (unpaired) electrons. The highest BCUT2D eigenvalue weighted by Crippen LogP contribution is 2.34. The lowest BCUT2D eigenvalue weighted by molar-refractivity contribution is -0.136. The Labute approximate surface area is 183 Å². The summed E-state index contributed by atoms with van der Waals surface area (Å²) < 4.78 is 28.3. The number of aryl methyl sites for hydroxylation is 2. The highest BCUT2D eigenvalue weighted by molar-refractivity contribution is 5.83. The summed E-state index contributed by atoms with van der Waals surface area (Å²) in [7, 11) is 0. The number of aromatic nitrogens is 4. The van der Waals surface area contributed by atoms with Gasteiger partial charge in [-0.2, -0.15) is 10.1 Å². The maximum atomic E-state index is 15.0. The van der Waals surface area contributed by atoms with Crippen molar-refractivity contribution < 1.29 is 23.8 Å². The third kappa shape index (κ3) is 4.35. The number of hydrogen-bond donors (Lipinski definition) is 3. The quantitative estimate of drug-likeness (QED) is 0.364. The predicted molar refractivity (Wildman–Crippen MR) is 116 cm³/mol. The molecule has 0 fully saturated rings. The molecule has 10 heteroatoms. The first kappa shape index (κ1) is 21.6. The largest absolute Gasteiger partial charge is 0.490 e. The van der Waals surface area contributed by atoms with E-state index in [1.54, 1.807) is 28.9 Å². The van der Waals surface area contributed by atoms with Crippen molar-refractivity contribution >= 4 is 22.4 Å². The van der Waals surface area contributed by atoms with Crippen molar-refractivity contribution in [3.8, 4) is 17.4 Å². The van der Waals surface area contributed by atoms with Crippen molar-refractivity contribution in [2.24, 2.45) is 0 Å². The second-order valence-electron chi connectivity index (χ2n) is 7.68. The van der Waals surface area contributed by atoms with Crippen LogP contribution in [-0.2, 0) is 4.79 Å². The summed E-state index contributed by atoms with van der Waals surface area (Å²) in [5.74, 6) is -0.458. The van der Waals surface area contributed by atoms with Crippen molar-refractivity contribution in [1.82, 2.24) is 24.9 Å². The van der Waals surface area contributed by atoms with E-state index in [0.717, 1.165) is 11.3 Å².